The fraction of sp³-hybridized carbons (Fsp3) is 0.286. The first kappa shape index (κ1) is 13.8. The Morgan fingerprint density at radius 2 is 1.79 bits per heavy atom. The average Bonchev–Trinajstić information content (AvgIpc) is 2.38. The van der Waals surface area contributed by atoms with Crippen molar-refractivity contribution in [1.82, 2.24) is 9.97 Å². The molecule has 2 rings (SSSR count). The van der Waals surface area contributed by atoms with Gasteiger partial charge in [-0.3, -0.25) is 0 Å². The zero-order chi connectivity index (χ0) is 14.0. The number of nitrogens with one attached hydrogen (secondary N) is 1. The van der Waals surface area contributed by atoms with E-state index in [0.717, 1.165) is 16.8 Å². The molecule has 0 fully saturated rings. The maximum atomic E-state index is 5.88. The standard InChI is InChI=1S/C14H17ClN4/c1-8(2)12-9(3)17-13(18-14(12)19-16)10-4-6-11(15)7-5-10/h4-8H,16H2,1-3H3,(H,17,18,19). The van der Waals surface area contributed by atoms with E-state index in [0.29, 0.717) is 22.6 Å². The van der Waals surface area contributed by atoms with Gasteiger partial charge in [-0.05, 0) is 37.1 Å². The normalized spacial score (nSPS) is 10.8. The highest BCUT2D eigenvalue weighted by Crippen LogP contribution is 2.27. The van der Waals surface area contributed by atoms with Gasteiger partial charge in [0, 0.05) is 21.8 Å². The molecule has 1 heterocycles. The molecule has 0 aliphatic rings. The van der Waals surface area contributed by atoms with Crippen molar-refractivity contribution in [3.63, 3.8) is 0 Å². The molecule has 100 valence electrons. The van der Waals surface area contributed by atoms with E-state index in [1.807, 2.05) is 31.2 Å². The van der Waals surface area contributed by atoms with Crippen molar-refractivity contribution in [3.05, 3.63) is 40.5 Å². The molecule has 0 bridgehead atoms. The summed E-state index contributed by atoms with van der Waals surface area (Å²) in [4.78, 5) is 9.04. The van der Waals surface area contributed by atoms with Crippen LogP contribution in [-0.4, -0.2) is 9.97 Å². The van der Waals surface area contributed by atoms with Crippen molar-refractivity contribution in [2.24, 2.45) is 5.84 Å². The molecule has 4 nitrogen and oxygen atoms in total. The minimum atomic E-state index is 0.310. The minimum Gasteiger partial charge on any atom is -0.308 e. The lowest BCUT2D eigenvalue weighted by Gasteiger charge is -2.15. The van der Waals surface area contributed by atoms with Gasteiger partial charge in [0.05, 0.1) is 0 Å². The van der Waals surface area contributed by atoms with Gasteiger partial charge in [-0.1, -0.05) is 25.4 Å². The first-order valence-corrected chi connectivity index (χ1v) is 6.51. The number of aromatic nitrogens is 2. The largest absolute Gasteiger partial charge is 0.308 e. The van der Waals surface area contributed by atoms with Crippen LogP contribution in [0.25, 0.3) is 11.4 Å². The molecule has 0 amide bonds. The van der Waals surface area contributed by atoms with E-state index >= 15 is 0 Å². The monoisotopic (exact) mass is 276 g/mol. The number of halogens is 1. The van der Waals surface area contributed by atoms with Crippen LogP contribution in [0.1, 0.15) is 31.0 Å². The molecule has 2 aromatic rings. The molecule has 1 aromatic heterocycles. The summed E-state index contributed by atoms with van der Waals surface area (Å²) in [7, 11) is 0. The lowest BCUT2D eigenvalue weighted by Crippen LogP contribution is -2.14. The predicted octanol–water partition coefficient (Wildman–Crippen LogP) is 3.51. The second kappa shape index (κ2) is 5.55. The van der Waals surface area contributed by atoms with Gasteiger partial charge in [0.2, 0.25) is 0 Å². The van der Waals surface area contributed by atoms with Crippen molar-refractivity contribution < 1.29 is 0 Å². The van der Waals surface area contributed by atoms with E-state index in [-0.39, 0.29) is 0 Å². The van der Waals surface area contributed by atoms with Crippen LogP contribution in [0, 0.1) is 6.92 Å². The van der Waals surface area contributed by atoms with Gasteiger partial charge in [-0.15, -0.1) is 0 Å². The molecular formula is C14H17ClN4. The Morgan fingerprint density at radius 3 is 2.32 bits per heavy atom. The number of hydrogen-bond acceptors (Lipinski definition) is 4. The Morgan fingerprint density at radius 1 is 1.16 bits per heavy atom. The molecule has 3 N–H and O–H groups in total. The van der Waals surface area contributed by atoms with E-state index in [1.54, 1.807) is 0 Å². The average molecular weight is 277 g/mol. The highest BCUT2D eigenvalue weighted by atomic mass is 35.5. The van der Waals surface area contributed by atoms with Crippen LogP contribution >= 0.6 is 11.6 Å². The summed E-state index contributed by atoms with van der Waals surface area (Å²) in [6, 6.07) is 7.43. The highest BCUT2D eigenvalue weighted by Gasteiger charge is 2.14. The Balaban J connectivity index is 2.54. The van der Waals surface area contributed by atoms with Crippen LogP contribution in [0.15, 0.2) is 24.3 Å². The quantitative estimate of drug-likeness (QED) is 0.665. The second-order valence-electron chi connectivity index (χ2n) is 4.70. The smallest absolute Gasteiger partial charge is 0.161 e. The molecule has 0 saturated heterocycles. The Bertz CT molecular complexity index is 579. The molecule has 5 heteroatoms. The summed E-state index contributed by atoms with van der Waals surface area (Å²) in [6.07, 6.45) is 0. The number of aryl methyl sites for hydroxylation is 1. The third-order valence-electron chi connectivity index (χ3n) is 2.95. The van der Waals surface area contributed by atoms with Crippen LogP contribution in [0.4, 0.5) is 5.82 Å². The second-order valence-corrected chi connectivity index (χ2v) is 5.14. The van der Waals surface area contributed by atoms with Gasteiger partial charge in [0.15, 0.2) is 5.82 Å². The van der Waals surface area contributed by atoms with Crippen LogP contribution in [0.3, 0.4) is 0 Å². The van der Waals surface area contributed by atoms with E-state index in [4.69, 9.17) is 17.4 Å². The number of nitrogens with zero attached hydrogens (tertiary/aromatic N) is 2. The molecule has 0 aliphatic carbocycles. The van der Waals surface area contributed by atoms with Crippen LogP contribution in [0.2, 0.25) is 5.02 Å². The molecule has 1 aromatic carbocycles. The molecule has 0 saturated carbocycles. The van der Waals surface area contributed by atoms with E-state index in [2.05, 4.69) is 29.2 Å². The molecule has 0 atom stereocenters. The SMILES string of the molecule is Cc1nc(-c2ccc(Cl)cc2)nc(NN)c1C(C)C. The van der Waals surface area contributed by atoms with Gasteiger partial charge in [0.1, 0.15) is 5.82 Å². The van der Waals surface area contributed by atoms with Gasteiger partial charge in [-0.25, -0.2) is 15.8 Å². The van der Waals surface area contributed by atoms with Crippen molar-refractivity contribution in [1.29, 1.82) is 0 Å². The Labute approximate surface area is 118 Å². The maximum absolute atomic E-state index is 5.88. The number of rotatable bonds is 3. The van der Waals surface area contributed by atoms with Crippen LogP contribution in [-0.2, 0) is 0 Å². The molecule has 19 heavy (non-hydrogen) atoms. The Hall–Kier alpha value is -1.65. The lowest BCUT2D eigenvalue weighted by atomic mass is 10.0. The molecule has 0 aliphatic heterocycles. The lowest BCUT2D eigenvalue weighted by molar-refractivity contribution is 0.832. The fourth-order valence-electron chi connectivity index (χ4n) is 2.11. The van der Waals surface area contributed by atoms with Crippen molar-refractivity contribution >= 4 is 17.4 Å². The van der Waals surface area contributed by atoms with Crippen molar-refractivity contribution in [2.45, 2.75) is 26.7 Å². The first-order valence-electron chi connectivity index (χ1n) is 6.14. The number of benzene rings is 1. The van der Waals surface area contributed by atoms with E-state index in [9.17, 15) is 0 Å². The van der Waals surface area contributed by atoms with E-state index < -0.39 is 0 Å². The van der Waals surface area contributed by atoms with Gasteiger partial charge in [0.25, 0.3) is 0 Å². The van der Waals surface area contributed by atoms with Crippen LogP contribution in [0.5, 0.6) is 0 Å². The zero-order valence-corrected chi connectivity index (χ0v) is 12.0. The summed E-state index contributed by atoms with van der Waals surface area (Å²) in [5, 5.41) is 0.691. The fourth-order valence-corrected chi connectivity index (χ4v) is 2.24. The van der Waals surface area contributed by atoms with Gasteiger partial charge >= 0.3 is 0 Å². The third kappa shape index (κ3) is 2.85. The van der Waals surface area contributed by atoms with Crippen molar-refractivity contribution in [2.75, 3.05) is 5.43 Å². The predicted molar refractivity (Wildman–Crippen MR) is 79.1 cm³/mol. The minimum absolute atomic E-state index is 0.310. The summed E-state index contributed by atoms with van der Waals surface area (Å²) < 4.78 is 0. The third-order valence-corrected chi connectivity index (χ3v) is 3.20. The number of hydrazine groups is 1. The number of anilines is 1. The molecular weight excluding hydrogens is 260 g/mol. The summed E-state index contributed by atoms with van der Waals surface area (Å²) >= 11 is 5.88. The number of nitrogen functional groups attached to an aromatic ring is 1. The van der Waals surface area contributed by atoms with Crippen LogP contribution < -0.4 is 11.3 Å². The molecule has 0 spiro atoms. The molecule has 0 unspecified atom stereocenters. The highest BCUT2D eigenvalue weighted by molar-refractivity contribution is 6.30. The van der Waals surface area contributed by atoms with Crippen molar-refractivity contribution in [3.8, 4) is 11.4 Å². The zero-order valence-electron chi connectivity index (χ0n) is 11.2. The summed E-state index contributed by atoms with van der Waals surface area (Å²) in [5.74, 6) is 7.20. The summed E-state index contributed by atoms with van der Waals surface area (Å²) in [5.41, 5.74) is 5.55. The maximum Gasteiger partial charge on any atom is 0.161 e. The first-order chi connectivity index (χ1) is 9.02. The summed E-state index contributed by atoms with van der Waals surface area (Å²) in [6.45, 7) is 6.15. The molecule has 0 radical (unpaired) electrons. The van der Waals surface area contributed by atoms with Gasteiger partial charge < -0.3 is 5.43 Å². The van der Waals surface area contributed by atoms with Gasteiger partial charge in [-0.2, -0.15) is 0 Å². The van der Waals surface area contributed by atoms with E-state index in [1.165, 1.54) is 0 Å². The topological polar surface area (TPSA) is 63.8 Å². The Kier molecular flexibility index (Phi) is 4.02. The number of nitrogens with two attached hydrogens (primary N) is 1. The number of hydrogen-bond donors (Lipinski definition) is 2.